The average molecular weight is 283 g/mol. The molecule has 86 valence electrons. The Morgan fingerprint density at radius 3 is 1.41 bits per heavy atom. The maximum absolute atomic E-state index is 11.3. The molecule has 0 aliphatic heterocycles. The average Bonchev–Trinajstić information content (AvgIpc) is 2.35. The van der Waals surface area contributed by atoms with Crippen molar-refractivity contribution in [2.45, 2.75) is 5.66 Å². The first-order valence-corrected chi connectivity index (χ1v) is 6.68. The number of rotatable bonds is 3. The lowest BCUT2D eigenvalue weighted by Crippen LogP contribution is -1.92. The molecule has 4 heteroatoms. The SMILES string of the molecule is O=PC(c1ccc(Cl)cc1)c1ccc(Cl)cc1. The van der Waals surface area contributed by atoms with Gasteiger partial charge in [0, 0.05) is 10.0 Å². The van der Waals surface area contributed by atoms with Crippen LogP contribution in [0.2, 0.25) is 10.0 Å². The third-order valence-electron chi connectivity index (χ3n) is 2.48. The van der Waals surface area contributed by atoms with E-state index in [-0.39, 0.29) is 14.1 Å². The summed E-state index contributed by atoms with van der Waals surface area (Å²) in [5.74, 6) is 0. The molecule has 0 radical (unpaired) electrons. The summed E-state index contributed by atoms with van der Waals surface area (Å²) < 4.78 is 11.3. The van der Waals surface area contributed by atoms with Crippen LogP contribution in [0.3, 0.4) is 0 Å². The molecule has 0 amide bonds. The van der Waals surface area contributed by atoms with Gasteiger partial charge >= 0.3 is 0 Å². The van der Waals surface area contributed by atoms with Crippen LogP contribution in [0.25, 0.3) is 0 Å². The Labute approximate surface area is 112 Å². The third-order valence-corrected chi connectivity index (χ3v) is 3.79. The van der Waals surface area contributed by atoms with Gasteiger partial charge in [0.25, 0.3) is 0 Å². The van der Waals surface area contributed by atoms with Crippen LogP contribution in [0.15, 0.2) is 48.5 Å². The molecule has 2 aromatic carbocycles. The van der Waals surface area contributed by atoms with Gasteiger partial charge in [-0.3, -0.25) is 4.57 Å². The molecule has 0 atom stereocenters. The quantitative estimate of drug-likeness (QED) is 0.691. The van der Waals surface area contributed by atoms with E-state index in [4.69, 9.17) is 23.2 Å². The fourth-order valence-electron chi connectivity index (χ4n) is 1.60. The van der Waals surface area contributed by atoms with Crippen LogP contribution in [0.4, 0.5) is 0 Å². The van der Waals surface area contributed by atoms with Crippen molar-refractivity contribution in [1.29, 1.82) is 0 Å². The van der Waals surface area contributed by atoms with Crippen molar-refractivity contribution in [3.63, 3.8) is 0 Å². The summed E-state index contributed by atoms with van der Waals surface area (Å²) in [6.45, 7) is 0. The predicted molar refractivity (Wildman–Crippen MR) is 72.4 cm³/mol. The lowest BCUT2D eigenvalue weighted by atomic mass is 10.0. The molecule has 1 nitrogen and oxygen atoms in total. The summed E-state index contributed by atoms with van der Waals surface area (Å²) in [5.41, 5.74) is 1.76. The molecule has 0 bridgehead atoms. The Balaban J connectivity index is 2.36. The Bertz CT molecular complexity index is 462. The first-order valence-electron chi connectivity index (χ1n) is 5.04. The highest BCUT2D eigenvalue weighted by Gasteiger charge is 2.13. The fourth-order valence-corrected chi connectivity index (χ4v) is 2.44. The van der Waals surface area contributed by atoms with Crippen molar-refractivity contribution in [1.82, 2.24) is 0 Å². The van der Waals surface area contributed by atoms with Crippen molar-refractivity contribution in [2.75, 3.05) is 0 Å². The highest BCUT2D eigenvalue weighted by atomic mass is 35.5. The second-order valence-corrected chi connectivity index (χ2v) is 5.21. The Morgan fingerprint density at radius 2 is 1.12 bits per heavy atom. The number of halogens is 2. The zero-order valence-electron chi connectivity index (χ0n) is 8.81. The fraction of sp³-hybridized carbons (Fsp3) is 0.0769. The van der Waals surface area contributed by atoms with Crippen LogP contribution in [0.1, 0.15) is 16.8 Å². The van der Waals surface area contributed by atoms with E-state index in [0.29, 0.717) is 10.0 Å². The molecule has 0 unspecified atom stereocenters. The maximum atomic E-state index is 11.3. The molecule has 2 aromatic rings. The zero-order chi connectivity index (χ0) is 12.3. The molecule has 0 N–H and O–H groups in total. The number of hydrogen-bond donors (Lipinski definition) is 0. The monoisotopic (exact) mass is 282 g/mol. The van der Waals surface area contributed by atoms with Gasteiger partial charge in [-0.2, -0.15) is 0 Å². The summed E-state index contributed by atoms with van der Waals surface area (Å²) in [5, 5.41) is 1.34. The second kappa shape index (κ2) is 5.64. The van der Waals surface area contributed by atoms with Gasteiger partial charge in [-0.25, -0.2) is 0 Å². The second-order valence-electron chi connectivity index (χ2n) is 3.61. The van der Waals surface area contributed by atoms with Crippen LogP contribution >= 0.6 is 31.7 Å². The number of hydrogen-bond acceptors (Lipinski definition) is 1. The van der Waals surface area contributed by atoms with Crippen LogP contribution in [-0.2, 0) is 4.57 Å². The van der Waals surface area contributed by atoms with E-state index < -0.39 is 0 Å². The van der Waals surface area contributed by atoms with E-state index in [1.54, 1.807) is 24.3 Å². The summed E-state index contributed by atoms with van der Waals surface area (Å²) in [4.78, 5) is 0. The van der Waals surface area contributed by atoms with Crippen LogP contribution in [0, 0.1) is 0 Å². The van der Waals surface area contributed by atoms with Crippen molar-refractivity contribution in [3.05, 3.63) is 69.7 Å². The van der Waals surface area contributed by atoms with E-state index in [1.807, 2.05) is 24.3 Å². The number of benzene rings is 2. The summed E-state index contributed by atoms with van der Waals surface area (Å²) in [7, 11) is 0.0564. The molecule has 0 aliphatic carbocycles. The predicted octanol–water partition coefficient (Wildman–Crippen LogP) is 5.37. The smallest absolute Gasteiger partial charge is 0.168 e. The van der Waals surface area contributed by atoms with Crippen molar-refractivity contribution in [2.24, 2.45) is 0 Å². The third kappa shape index (κ3) is 3.07. The highest BCUT2D eigenvalue weighted by Crippen LogP contribution is 2.35. The lowest BCUT2D eigenvalue weighted by molar-refractivity contribution is 0.595. The normalized spacial score (nSPS) is 11.0. The Hall–Kier alpha value is -0.880. The molecule has 17 heavy (non-hydrogen) atoms. The molecular formula is C13H9Cl2OP. The summed E-state index contributed by atoms with van der Waals surface area (Å²) in [6, 6.07) is 14.7. The van der Waals surface area contributed by atoms with Gasteiger partial charge in [0.05, 0.1) is 5.66 Å². The lowest BCUT2D eigenvalue weighted by Gasteiger charge is -2.10. The molecule has 0 saturated heterocycles. The van der Waals surface area contributed by atoms with Crippen molar-refractivity contribution < 1.29 is 4.57 Å². The van der Waals surface area contributed by atoms with E-state index in [0.717, 1.165) is 11.1 Å². The first kappa shape index (κ1) is 12.6. The minimum absolute atomic E-state index is 0.0564. The van der Waals surface area contributed by atoms with Gasteiger partial charge in [-0.1, -0.05) is 47.5 Å². The van der Waals surface area contributed by atoms with Gasteiger partial charge in [-0.15, -0.1) is 0 Å². The van der Waals surface area contributed by atoms with Gasteiger partial charge in [0.2, 0.25) is 0 Å². The van der Waals surface area contributed by atoms with Crippen LogP contribution in [0.5, 0.6) is 0 Å². The molecule has 2 rings (SSSR count). The zero-order valence-corrected chi connectivity index (χ0v) is 11.2. The minimum Gasteiger partial charge on any atom is -0.274 e. The summed E-state index contributed by atoms with van der Waals surface area (Å²) in [6.07, 6.45) is 0. The Morgan fingerprint density at radius 1 is 0.765 bits per heavy atom. The molecule has 0 heterocycles. The van der Waals surface area contributed by atoms with Crippen LogP contribution < -0.4 is 0 Å². The van der Waals surface area contributed by atoms with Gasteiger partial charge in [0.15, 0.2) is 8.46 Å². The first-order chi connectivity index (χ1) is 8.20. The highest BCUT2D eigenvalue weighted by molar-refractivity contribution is 7.24. The molecule has 0 aromatic heterocycles. The van der Waals surface area contributed by atoms with Gasteiger partial charge in [0.1, 0.15) is 0 Å². The summed E-state index contributed by atoms with van der Waals surface area (Å²) >= 11 is 11.7. The maximum Gasteiger partial charge on any atom is 0.168 e. The molecule has 0 aliphatic rings. The van der Waals surface area contributed by atoms with Crippen molar-refractivity contribution in [3.8, 4) is 0 Å². The van der Waals surface area contributed by atoms with Crippen molar-refractivity contribution >= 4 is 31.7 Å². The molecule has 0 fully saturated rings. The Kier molecular flexibility index (Phi) is 4.17. The van der Waals surface area contributed by atoms with E-state index >= 15 is 0 Å². The topological polar surface area (TPSA) is 17.1 Å². The molecule has 0 saturated carbocycles. The molecule has 0 spiro atoms. The standard InChI is InChI=1S/C13H9Cl2OP/c14-11-5-1-9(2-6-11)13(17-16)10-3-7-12(15)8-4-10/h1-8,13H. The molecular weight excluding hydrogens is 274 g/mol. The van der Waals surface area contributed by atoms with E-state index in [1.165, 1.54) is 0 Å². The van der Waals surface area contributed by atoms with Gasteiger partial charge < -0.3 is 0 Å². The van der Waals surface area contributed by atoms with E-state index in [2.05, 4.69) is 0 Å². The van der Waals surface area contributed by atoms with E-state index in [9.17, 15) is 4.57 Å². The van der Waals surface area contributed by atoms with Crippen LogP contribution in [-0.4, -0.2) is 0 Å². The largest absolute Gasteiger partial charge is 0.274 e. The van der Waals surface area contributed by atoms with Gasteiger partial charge in [-0.05, 0) is 35.4 Å². The minimum atomic E-state index is -0.176.